The van der Waals surface area contributed by atoms with Crippen LogP contribution < -0.4 is 5.32 Å². The first-order chi connectivity index (χ1) is 10.5. The van der Waals surface area contributed by atoms with Gasteiger partial charge in [0.2, 0.25) is 5.91 Å². The number of aromatic nitrogens is 3. The van der Waals surface area contributed by atoms with E-state index < -0.39 is 0 Å². The summed E-state index contributed by atoms with van der Waals surface area (Å²) in [6, 6.07) is 3.93. The monoisotopic (exact) mass is 320 g/mol. The number of aryl methyl sites for hydroxylation is 1. The third-order valence-electron chi connectivity index (χ3n) is 3.14. The molecule has 2 aromatic rings. The fourth-order valence-corrected chi connectivity index (χ4v) is 2.41. The molecule has 0 bridgehead atoms. The van der Waals surface area contributed by atoms with Crippen molar-refractivity contribution in [3.8, 4) is 0 Å². The highest BCUT2D eigenvalue weighted by Gasteiger charge is 2.09. The van der Waals surface area contributed by atoms with Gasteiger partial charge in [-0.3, -0.25) is 9.89 Å². The first-order valence-electron chi connectivity index (χ1n) is 7.21. The Kier molecular flexibility index (Phi) is 5.32. The fourth-order valence-electron chi connectivity index (χ4n) is 2.05. The number of H-pyrrole nitrogens is 1. The molecule has 0 spiro atoms. The molecule has 6 nitrogen and oxygen atoms in total. The lowest BCUT2D eigenvalue weighted by Gasteiger charge is -2.10. The van der Waals surface area contributed by atoms with Gasteiger partial charge in [-0.15, -0.1) is 0 Å². The predicted octanol–water partition coefficient (Wildman–Crippen LogP) is 3.01. The van der Waals surface area contributed by atoms with Crippen LogP contribution in [0.1, 0.15) is 44.2 Å². The zero-order valence-electron chi connectivity index (χ0n) is 12.9. The Hall–Kier alpha value is -2.15. The zero-order chi connectivity index (χ0) is 16.1. The summed E-state index contributed by atoms with van der Waals surface area (Å²) in [5.41, 5.74) is 0. The lowest BCUT2D eigenvalue weighted by Crippen LogP contribution is -2.23. The van der Waals surface area contributed by atoms with E-state index in [1.807, 2.05) is 37.5 Å². The molecule has 2 rings (SSSR count). The molecule has 0 aliphatic rings. The molecule has 118 valence electrons. The van der Waals surface area contributed by atoms with E-state index in [0.717, 1.165) is 12.2 Å². The Balaban J connectivity index is 1.94. The van der Waals surface area contributed by atoms with Gasteiger partial charge in [0.1, 0.15) is 11.5 Å². The summed E-state index contributed by atoms with van der Waals surface area (Å²) in [5, 5.41) is 9.65. The number of hydrogen-bond acceptors (Lipinski definition) is 4. The molecule has 1 amide bonds. The van der Waals surface area contributed by atoms with Crippen molar-refractivity contribution < 1.29 is 9.21 Å². The van der Waals surface area contributed by atoms with E-state index in [1.54, 1.807) is 6.08 Å². The minimum Gasteiger partial charge on any atom is -0.462 e. The number of carbonyl (C=O) groups excluding carboxylic acids is 1. The number of nitrogens with zero attached hydrogens (tertiary/aromatic N) is 2. The third-order valence-corrected chi connectivity index (χ3v) is 3.43. The van der Waals surface area contributed by atoms with Crippen LogP contribution in [-0.4, -0.2) is 20.7 Å². The lowest BCUT2D eigenvalue weighted by atomic mass is 10.3. The summed E-state index contributed by atoms with van der Waals surface area (Å²) in [7, 11) is 0. The SMILES string of the molecule is CCc1ccc(C=CC(=O)NCc2n[nH]c(=S)n2C(C)C)o1. The van der Waals surface area contributed by atoms with Gasteiger partial charge in [-0.1, -0.05) is 6.92 Å². The maximum atomic E-state index is 11.8. The van der Waals surface area contributed by atoms with Crippen molar-refractivity contribution in [3.05, 3.63) is 40.3 Å². The van der Waals surface area contributed by atoms with Gasteiger partial charge in [-0.2, -0.15) is 5.10 Å². The minimum atomic E-state index is -0.210. The highest BCUT2D eigenvalue weighted by Crippen LogP contribution is 2.10. The van der Waals surface area contributed by atoms with Crippen molar-refractivity contribution in [2.24, 2.45) is 0 Å². The molecule has 0 saturated heterocycles. The van der Waals surface area contributed by atoms with Crippen LogP contribution >= 0.6 is 12.2 Å². The summed E-state index contributed by atoms with van der Waals surface area (Å²) in [5.74, 6) is 2.05. The van der Waals surface area contributed by atoms with Gasteiger partial charge >= 0.3 is 0 Å². The van der Waals surface area contributed by atoms with Crippen LogP contribution in [0, 0.1) is 4.77 Å². The third kappa shape index (κ3) is 3.94. The van der Waals surface area contributed by atoms with Gasteiger partial charge in [-0.05, 0) is 44.3 Å². The van der Waals surface area contributed by atoms with Crippen molar-refractivity contribution in [2.45, 2.75) is 39.8 Å². The molecule has 7 heteroatoms. The average molecular weight is 320 g/mol. The summed E-state index contributed by atoms with van der Waals surface area (Å²) >= 11 is 5.16. The Morgan fingerprint density at radius 1 is 1.55 bits per heavy atom. The molecule has 0 aliphatic carbocycles. The van der Waals surface area contributed by atoms with Gasteiger partial charge < -0.3 is 14.3 Å². The van der Waals surface area contributed by atoms with Gasteiger partial charge in [0.05, 0.1) is 6.54 Å². The Morgan fingerprint density at radius 3 is 2.95 bits per heavy atom. The van der Waals surface area contributed by atoms with E-state index in [-0.39, 0.29) is 11.9 Å². The molecule has 0 aromatic carbocycles. The predicted molar refractivity (Wildman–Crippen MR) is 86.8 cm³/mol. The summed E-state index contributed by atoms with van der Waals surface area (Å²) in [6.07, 6.45) is 3.92. The Morgan fingerprint density at radius 2 is 2.32 bits per heavy atom. The van der Waals surface area contributed by atoms with E-state index in [4.69, 9.17) is 16.6 Å². The molecule has 2 N–H and O–H groups in total. The fraction of sp³-hybridized carbons (Fsp3) is 0.400. The normalized spacial score (nSPS) is 11.5. The lowest BCUT2D eigenvalue weighted by molar-refractivity contribution is -0.116. The van der Waals surface area contributed by atoms with E-state index in [9.17, 15) is 4.79 Å². The van der Waals surface area contributed by atoms with Gasteiger partial charge in [0.25, 0.3) is 0 Å². The quantitative estimate of drug-likeness (QED) is 0.634. The van der Waals surface area contributed by atoms with Gasteiger partial charge in [-0.25, -0.2) is 0 Å². The molecule has 0 unspecified atom stereocenters. The molecule has 0 fully saturated rings. The van der Waals surface area contributed by atoms with E-state index >= 15 is 0 Å². The van der Waals surface area contributed by atoms with Crippen LogP contribution in [0.5, 0.6) is 0 Å². The largest absolute Gasteiger partial charge is 0.462 e. The number of amides is 1. The van der Waals surface area contributed by atoms with E-state index in [0.29, 0.717) is 22.9 Å². The Labute approximate surface area is 134 Å². The van der Waals surface area contributed by atoms with E-state index in [2.05, 4.69) is 15.5 Å². The molecule has 2 heterocycles. The van der Waals surface area contributed by atoms with E-state index in [1.165, 1.54) is 6.08 Å². The molecule has 22 heavy (non-hydrogen) atoms. The second kappa shape index (κ2) is 7.22. The molecular formula is C15H20N4O2S. The molecule has 0 radical (unpaired) electrons. The summed E-state index contributed by atoms with van der Waals surface area (Å²) in [4.78, 5) is 11.8. The van der Waals surface area contributed by atoms with Crippen molar-refractivity contribution in [1.29, 1.82) is 0 Å². The van der Waals surface area contributed by atoms with Crippen molar-refractivity contribution in [2.75, 3.05) is 0 Å². The molecule has 0 aliphatic heterocycles. The summed E-state index contributed by atoms with van der Waals surface area (Å²) < 4.78 is 7.93. The van der Waals surface area contributed by atoms with Gasteiger partial charge in [0.15, 0.2) is 10.6 Å². The molecular weight excluding hydrogens is 300 g/mol. The molecule has 0 saturated carbocycles. The number of nitrogens with one attached hydrogen (secondary N) is 2. The number of carbonyl (C=O) groups is 1. The second-order valence-corrected chi connectivity index (χ2v) is 5.50. The van der Waals surface area contributed by atoms with Crippen molar-refractivity contribution in [3.63, 3.8) is 0 Å². The number of hydrogen-bond donors (Lipinski definition) is 2. The van der Waals surface area contributed by atoms with Crippen LogP contribution in [0.25, 0.3) is 6.08 Å². The van der Waals surface area contributed by atoms with Crippen molar-refractivity contribution in [1.82, 2.24) is 20.1 Å². The molecule has 2 aromatic heterocycles. The highest BCUT2D eigenvalue weighted by atomic mass is 32.1. The van der Waals surface area contributed by atoms with Crippen molar-refractivity contribution >= 4 is 24.2 Å². The topological polar surface area (TPSA) is 75.8 Å². The van der Waals surface area contributed by atoms with Crippen LogP contribution in [-0.2, 0) is 17.8 Å². The number of furan rings is 1. The van der Waals surface area contributed by atoms with Crippen LogP contribution in [0.4, 0.5) is 0 Å². The first-order valence-corrected chi connectivity index (χ1v) is 7.62. The van der Waals surface area contributed by atoms with Crippen LogP contribution in [0.2, 0.25) is 0 Å². The second-order valence-electron chi connectivity index (χ2n) is 5.12. The van der Waals surface area contributed by atoms with Crippen LogP contribution in [0.15, 0.2) is 22.6 Å². The first kappa shape index (κ1) is 16.2. The number of rotatable bonds is 6. The maximum Gasteiger partial charge on any atom is 0.244 e. The highest BCUT2D eigenvalue weighted by molar-refractivity contribution is 7.71. The van der Waals surface area contributed by atoms with Gasteiger partial charge in [0, 0.05) is 18.5 Å². The Bertz CT molecular complexity index is 724. The molecule has 0 atom stereocenters. The zero-order valence-corrected chi connectivity index (χ0v) is 13.7. The summed E-state index contributed by atoms with van der Waals surface area (Å²) in [6.45, 7) is 6.35. The maximum absolute atomic E-state index is 11.8. The van der Waals surface area contributed by atoms with Crippen LogP contribution in [0.3, 0.4) is 0 Å². The minimum absolute atomic E-state index is 0.185. The smallest absolute Gasteiger partial charge is 0.244 e. The average Bonchev–Trinajstić information content (AvgIpc) is 3.09. The number of aromatic amines is 1. The standard InChI is InChI=1S/C15H20N4O2S/c1-4-11-5-6-12(21-11)7-8-14(20)16-9-13-17-18-15(22)19(13)10(2)3/h5-8,10H,4,9H2,1-3H3,(H,16,20)(H,18,22).